The summed E-state index contributed by atoms with van der Waals surface area (Å²) in [6.07, 6.45) is 8.29. The average molecular weight is 660 g/mol. The standard InChI is InChI=1S/C35H57N5O7/c1-9-22-18-40(27(25(22)19(2)3)31(43)37-24(28(41)30(36)42)17-21-13-12-14-21)32(44)29(35(6,7)8)39-34(46)38-26(20(4)5)33(45)47-23-15-10-11-16-23/h9,19-27,29H,1,10-18H2,2-8H3,(H2,36,42)(H,37,43)(H2,38,39,46)/t22-,24?,25-,26-,27-,29+/m0/s1. The van der Waals surface area contributed by atoms with Gasteiger partial charge in [-0.05, 0) is 67.1 Å². The Morgan fingerprint density at radius 2 is 1.55 bits per heavy atom. The minimum atomic E-state index is -1.12. The van der Waals surface area contributed by atoms with Crippen LogP contribution in [0.2, 0.25) is 0 Å². The van der Waals surface area contributed by atoms with Crippen LogP contribution in [0.5, 0.6) is 0 Å². The third-order valence-electron chi connectivity index (χ3n) is 10.1. The SMILES string of the molecule is C=C[C@H]1CN(C(=O)[C@@H](NC(=O)N[C@H](C(=O)OC2CCCC2)C(C)C)C(C)(C)C)[C@H](C(=O)NC(CC2CCC2)C(=O)C(N)=O)[C@H]1C(C)C. The highest BCUT2D eigenvalue weighted by molar-refractivity contribution is 6.37. The summed E-state index contributed by atoms with van der Waals surface area (Å²) in [7, 11) is 0. The first-order valence-electron chi connectivity index (χ1n) is 17.3. The van der Waals surface area contributed by atoms with Gasteiger partial charge in [0, 0.05) is 6.54 Å². The monoisotopic (exact) mass is 659 g/mol. The van der Waals surface area contributed by atoms with Crippen LogP contribution in [0.3, 0.4) is 0 Å². The summed E-state index contributed by atoms with van der Waals surface area (Å²) in [6, 6.07) is -4.77. The number of esters is 1. The first-order chi connectivity index (χ1) is 22.0. The van der Waals surface area contributed by atoms with Crippen molar-refractivity contribution in [3.63, 3.8) is 0 Å². The number of nitrogens with one attached hydrogen (secondary N) is 3. The van der Waals surface area contributed by atoms with E-state index in [1.807, 2.05) is 27.7 Å². The number of ketones is 1. The lowest BCUT2D eigenvalue weighted by Gasteiger charge is -2.37. The summed E-state index contributed by atoms with van der Waals surface area (Å²) < 4.78 is 5.67. The van der Waals surface area contributed by atoms with Gasteiger partial charge in [-0.15, -0.1) is 6.58 Å². The first-order valence-corrected chi connectivity index (χ1v) is 17.3. The lowest BCUT2D eigenvalue weighted by atomic mass is 9.79. The molecule has 1 saturated heterocycles. The van der Waals surface area contributed by atoms with Crippen LogP contribution in [-0.4, -0.2) is 77.2 Å². The van der Waals surface area contributed by atoms with E-state index in [2.05, 4.69) is 22.5 Å². The Kier molecular flexibility index (Phi) is 13.0. The van der Waals surface area contributed by atoms with Gasteiger partial charge in [0.15, 0.2) is 0 Å². The lowest BCUT2D eigenvalue weighted by molar-refractivity contribution is -0.152. The van der Waals surface area contributed by atoms with Gasteiger partial charge in [0.25, 0.3) is 5.91 Å². The van der Waals surface area contributed by atoms with E-state index in [-0.39, 0.29) is 42.2 Å². The van der Waals surface area contributed by atoms with Crippen LogP contribution in [0.25, 0.3) is 0 Å². The molecule has 0 aromatic rings. The predicted molar refractivity (Wildman–Crippen MR) is 177 cm³/mol. The van der Waals surface area contributed by atoms with Crippen molar-refractivity contribution in [2.75, 3.05) is 6.54 Å². The molecule has 6 atom stereocenters. The number of ether oxygens (including phenoxy) is 1. The van der Waals surface area contributed by atoms with Gasteiger partial charge < -0.3 is 31.3 Å². The Labute approximate surface area is 279 Å². The molecule has 1 heterocycles. The third kappa shape index (κ3) is 9.56. The molecule has 12 nitrogen and oxygen atoms in total. The van der Waals surface area contributed by atoms with E-state index in [0.717, 1.165) is 44.9 Å². The summed E-state index contributed by atoms with van der Waals surface area (Å²) in [5, 5.41) is 8.31. The molecule has 3 aliphatic rings. The van der Waals surface area contributed by atoms with Gasteiger partial charge >= 0.3 is 12.0 Å². The summed E-state index contributed by atoms with van der Waals surface area (Å²) in [5.74, 6) is -4.20. The first kappa shape index (κ1) is 38.0. The molecule has 12 heteroatoms. The highest BCUT2D eigenvalue weighted by atomic mass is 16.5. The fraction of sp³-hybridized carbons (Fsp3) is 0.771. The normalized spacial score (nSPS) is 23.9. The van der Waals surface area contributed by atoms with E-state index >= 15 is 0 Å². The molecule has 2 aliphatic carbocycles. The van der Waals surface area contributed by atoms with Crippen molar-refractivity contribution in [1.29, 1.82) is 0 Å². The Bertz CT molecular complexity index is 1190. The van der Waals surface area contributed by atoms with Gasteiger partial charge in [0.2, 0.25) is 17.6 Å². The molecule has 264 valence electrons. The van der Waals surface area contributed by atoms with E-state index in [1.165, 1.54) is 4.90 Å². The number of likely N-dealkylation sites (tertiary alicyclic amines) is 1. The van der Waals surface area contributed by atoms with Crippen molar-refractivity contribution in [3.05, 3.63) is 12.7 Å². The minimum absolute atomic E-state index is 0.0505. The lowest BCUT2D eigenvalue weighted by Crippen LogP contribution is -2.62. The molecular formula is C35H57N5O7. The van der Waals surface area contributed by atoms with Gasteiger partial charge in [-0.3, -0.25) is 19.2 Å². The van der Waals surface area contributed by atoms with Crippen LogP contribution in [0.15, 0.2) is 12.7 Å². The van der Waals surface area contributed by atoms with E-state index in [4.69, 9.17) is 10.5 Å². The van der Waals surface area contributed by atoms with Crippen LogP contribution in [0.4, 0.5) is 4.79 Å². The molecule has 3 rings (SSSR count). The average Bonchev–Trinajstić information content (AvgIpc) is 3.62. The number of primary amides is 1. The maximum atomic E-state index is 14.5. The topological polar surface area (TPSA) is 177 Å². The highest BCUT2D eigenvalue weighted by Gasteiger charge is 2.51. The van der Waals surface area contributed by atoms with E-state index in [1.54, 1.807) is 26.8 Å². The molecule has 0 aromatic carbocycles. The number of carbonyl (C=O) groups excluding carboxylic acids is 6. The maximum absolute atomic E-state index is 14.5. The van der Waals surface area contributed by atoms with Gasteiger partial charge in [-0.1, -0.05) is 73.8 Å². The molecule has 5 amide bonds. The van der Waals surface area contributed by atoms with Crippen LogP contribution < -0.4 is 21.7 Å². The second kappa shape index (κ2) is 16.1. The van der Waals surface area contributed by atoms with E-state index < -0.39 is 65.1 Å². The van der Waals surface area contributed by atoms with Crippen LogP contribution >= 0.6 is 0 Å². The molecule has 1 unspecified atom stereocenters. The molecule has 2 saturated carbocycles. The highest BCUT2D eigenvalue weighted by Crippen LogP contribution is 2.38. The molecule has 0 aromatic heterocycles. The van der Waals surface area contributed by atoms with Gasteiger partial charge in [-0.2, -0.15) is 0 Å². The van der Waals surface area contributed by atoms with Gasteiger partial charge in [-0.25, -0.2) is 9.59 Å². The molecule has 0 bridgehead atoms. The largest absolute Gasteiger partial charge is 0.461 e. The van der Waals surface area contributed by atoms with Crippen molar-refractivity contribution < 1.29 is 33.5 Å². The van der Waals surface area contributed by atoms with Crippen molar-refractivity contribution >= 4 is 35.5 Å². The number of Topliss-reactive ketones (excluding diaryl/α,β-unsaturated/α-hetero) is 1. The Morgan fingerprint density at radius 3 is 2.02 bits per heavy atom. The Hall–Kier alpha value is -3.44. The van der Waals surface area contributed by atoms with Crippen molar-refractivity contribution in [1.82, 2.24) is 20.9 Å². The second-order valence-electron chi connectivity index (χ2n) is 15.5. The third-order valence-corrected chi connectivity index (χ3v) is 10.1. The summed E-state index contributed by atoms with van der Waals surface area (Å²) in [6.45, 7) is 17.1. The quantitative estimate of drug-likeness (QED) is 0.126. The number of amides is 5. The zero-order valence-electron chi connectivity index (χ0n) is 29.3. The van der Waals surface area contributed by atoms with E-state index in [0.29, 0.717) is 6.42 Å². The Balaban J connectivity index is 1.86. The van der Waals surface area contributed by atoms with Crippen molar-refractivity contribution in [2.45, 2.75) is 130 Å². The van der Waals surface area contributed by atoms with Gasteiger partial charge in [0.05, 0.1) is 6.04 Å². The van der Waals surface area contributed by atoms with Crippen molar-refractivity contribution in [3.8, 4) is 0 Å². The van der Waals surface area contributed by atoms with Gasteiger partial charge in [0.1, 0.15) is 24.2 Å². The molecule has 0 spiro atoms. The summed E-state index contributed by atoms with van der Waals surface area (Å²) in [5.41, 5.74) is 4.56. The Morgan fingerprint density at radius 1 is 0.936 bits per heavy atom. The number of nitrogens with two attached hydrogens (primary N) is 1. The smallest absolute Gasteiger partial charge is 0.329 e. The molecule has 47 heavy (non-hydrogen) atoms. The fourth-order valence-corrected chi connectivity index (χ4v) is 7.13. The number of urea groups is 1. The number of nitrogens with zero attached hydrogens (tertiary/aromatic N) is 1. The van der Waals surface area contributed by atoms with Crippen LogP contribution in [0, 0.1) is 35.0 Å². The number of carbonyl (C=O) groups is 6. The summed E-state index contributed by atoms with van der Waals surface area (Å²) in [4.78, 5) is 81.1. The number of hydrogen-bond donors (Lipinski definition) is 4. The molecule has 3 fully saturated rings. The van der Waals surface area contributed by atoms with E-state index in [9.17, 15) is 28.8 Å². The second-order valence-corrected chi connectivity index (χ2v) is 15.5. The maximum Gasteiger partial charge on any atom is 0.329 e. The molecular weight excluding hydrogens is 602 g/mol. The fourth-order valence-electron chi connectivity index (χ4n) is 7.13. The zero-order valence-corrected chi connectivity index (χ0v) is 29.3. The van der Waals surface area contributed by atoms with Crippen molar-refractivity contribution in [2.24, 2.45) is 40.7 Å². The van der Waals surface area contributed by atoms with Crippen LogP contribution in [-0.2, 0) is 28.7 Å². The molecule has 5 N–H and O–H groups in total. The molecule has 1 aliphatic heterocycles. The predicted octanol–water partition coefficient (Wildman–Crippen LogP) is 3.23. The van der Waals surface area contributed by atoms with Crippen LogP contribution in [0.1, 0.15) is 99.8 Å². The number of hydrogen-bond acceptors (Lipinski definition) is 7. The summed E-state index contributed by atoms with van der Waals surface area (Å²) >= 11 is 0. The number of rotatable bonds is 14. The molecule has 0 radical (unpaired) electrons. The minimum Gasteiger partial charge on any atom is -0.461 e. The zero-order chi connectivity index (χ0) is 35.2.